The van der Waals surface area contributed by atoms with Gasteiger partial charge < -0.3 is 10.2 Å². The Morgan fingerprint density at radius 1 is 0.949 bits per heavy atom. The summed E-state index contributed by atoms with van der Waals surface area (Å²) in [5, 5.41) is 3.35. The fraction of sp³-hybridized carbons (Fsp3) is 0.333. The molecule has 0 fully saturated rings. The van der Waals surface area contributed by atoms with Crippen LogP contribution >= 0.6 is 11.6 Å². The van der Waals surface area contributed by atoms with Crippen molar-refractivity contribution in [1.29, 1.82) is 0 Å². The zero-order valence-corrected chi connectivity index (χ0v) is 24.4. The molecule has 0 saturated heterocycles. The van der Waals surface area contributed by atoms with Crippen LogP contribution in [0.15, 0.2) is 77.7 Å². The quantitative estimate of drug-likeness (QED) is 0.313. The number of hydrogen-bond donors (Lipinski definition) is 1. The van der Waals surface area contributed by atoms with Gasteiger partial charge >= 0.3 is 0 Å². The van der Waals surface area contributed by atoms with Crippen molar-refractivity contribution in [3.8, 4) is 0 Å². The zero-order valence-electron chi connectivity index (χ0n) is 22.9. The Balaban J connectivity index is 2.07. The number of rotatable bonds is 12. The van der Waals surface area contributed by atoms with E-state index in [2.05, 4.69) is 5.32 Å². The van der Waals surface area contributed by atoms with E-state index in [1.165, 1.54) is 17.0 Å². The Bertz CT molecular complexity index is 1400. The Hall–Kier alpha value is -3.36. The molecule has 2 amide bonds. The maximum atomic E-state index is 14.1. The maximum absolute atomic E-state index is 14.1. The predicted octanol–water partition coefficient (Wildman–Crippen LogP) is 5.49. The Morgan fingerprint density at radius 2 is 1.67 bits per heavy atom. The number of anilines is 1. The van der Waals surface area contributed by atoms with E-state index < -0.39 is 28.5 Å². The molecular formula is C30H36ClN3O4S. The van der Waals surface area contributed by atoms with Crippen molar-refractivity contribution in [3.63, 3.8) is 0 Å². The number of nitrogens with one attached hydrogen (secondary N) is 1. The van der Waals surface area contributed by atoms with Crippen LogP contribution in [-0.4, -0.2) is 44.3 Å². The van der Waals surface area contributed by atoms with Crippen molar-refractivity contribution >= 4 is 39.1 Å². The minimum Gasteiger partial charge on any atom is -0.354 e. The van der Waals surface area contributed by atoms with E-state index in [1.54, 1.807) is 43.3 Å². The van der Waals surface area contributed by atoms with Crippen molar-refractivity contribution in [1.82, 2.24) is 10.2 Å². The van der Waals surface area contributed by atoms with Gasteiger partial charge in [0.2, 0.25) is 11.8 Å². The summed E-state index contributed by atoms with van der Waals surface area (Å²) in [4.78, 5) is 28.8. The van der Waals surface area contributed by atoms with Crippen molar-refractivity contribution < 1.29 is 18.0 Å². The van der Waals surface area contributed by atoms with Gasteiger partial charge in [-0.3, -0.25) is 13.9 Å². The Labute approximate surface area is 236 Å². The van der Waals surface area contributed by atoms with Crippen LogP contribution in [-0.2, 0) is 26.2 Å². The topological polar surface area (TPSA) is 86.8 Å². The van der Waals surface area contributed by atoms with Crippen molar-refractivity contribution in [2.24, 2.45) is 0 Å². The second-order valence-electron chi connectivity index (χ2n) is 9.48. The number of carbonyl (C=O) groups is 2. The highest BCUT2D eigenvalue weighted by Gasteiger charge is 2.34. The van der Waals surface area contributed by atoms with Gasteiger partial charge in [-0.25, -0.2) is 8.42 Å². The summed E-state index contributed by atoms with van der Waals surface area (Å²) >= 11 is 6.16. The second kappa shape index (κ2) is 13.6. The number of aryl methyl sites for hydroxylation is 2. The molecule has 1 N–H and O–H groups in total. The summed E-state index contributed by atoms with van der Waals surface area (Å²) in [6, 6.07) is 19.8. The van der Waals surface area contributed by atoms with E-state index >= 15 is 0 Å². The molecule has 0 aromatic heterocycles. The molecule has 0 aliphatic heterocycles. The third kappa shape index (κ3) is 7.61. The Kier molecular flexibility index (Phi) is 10.5. The van der Waals surface area contributed by atoms with Crippen LogP contribution in [0.4, 0.5) is 5.69 Å². The highest BCUT2D eigenvalue weighted by molar-refractivity contribution is 7.92. The summed E-state index contributed by atoms with van der Waals surface area (Å²) in [5.41, 5.74) is 2.82. The molecule has 1 atom stereocenters. The van der Waals surface area contributed by atoms with Gasteiger partial charge in [0.1, 0.15) is 12.6 Å². The van der Waals surface area contributed by atoms with Gasteiger partial charge in [0.15, 0.2) is 0 Å². The second-order valence-corrected chi connectivity index (χ2v) is 11.8. The minimum atomic E-state index is -4.12. The molecule has 9 heteroatoms. The van der Waals surface area contributed by atoms with E-state index in [4.69, 9.17) is 11.6 Å². The molecule has 1 unspecified atom stereocenters. The van der Waals surface area contributed by atoms with Gasteiger partial charge in [0.05, 0.1) is 10.6 Å². The van der Waals surface area contributed by atoms with Gasteiger partial charge in [0, 0.05) is 18.1 Å². The molecule has 0 radical (unpaired) electrons. The first-order chi connectivity index (χ1) is 18.6. The average Bonchev–Trinajstić information content (AvgIpc) is 2.91. The van der Waals surface area contributed by atoms with E-state index in [0.717, 1.165) is 21.9 Å². The first-order valence-corrected chi connectivity index (χ1v) is 14.9. The molecule has 0 bridgehead atoms. The standard InChI is InChI=1S/C30H36ClN3O4S/c1-5-17-32-30(36)27(6-2)33(20-24-12-10-11-22(3)18-24)29(35)21-34(28-16-15-25(31)19-23(28)4)39(37,38)26-13-8-7-9-14-26/h7-16,18-19,27H,5-6,17,20-21H2,1-4H3,(H,32,36). The number of sulfonamides is 1. The third-order valence-electron chi connectivity index (χ3n) is 6.41. The van der Waals surface area contributed by atoms with Crippen LogP contribution in [0.1, 0.15) is 43.4 Å². The van der Waals surface area contributed by atoms with Crippen LogP contribution in [0.25, 0.3) is 0 Å². The molecule has 3 aromatic carbocycles. The highest BCUT2D eigenvalue weighted by Crippen LogP contribution is 2.29. The van der Waals surface area contributed by atoms with Gasteiger partial charge in [-0.15, -0.1) is 0 Å². The average molecular weight is 570 g/mol. The molecule has 7 nitrogen and oxygen atoms in total. The van der Waals surface area contributed by atoms with E-state index in [9.17, 15) is 18.0 Å². The summed E-state index contributed by atoms with van der Waals surface area (Å²) < 4.78 is 28.9. The number of amides is 2. The van der Waals surface area contributed by atoms with Gasteiger partial charge in [-0.2, -0.15) is 0 Å². The maximum Gasteiger partial charge on any atom is 0.264 e. The molecule has 39 heavy (non-hydrogen) atoms. The van der Waals surface area contributed by atoms with E-state index in [0.29, 0.717) is 29.2 Å². The molecule has 0 aliphatic rings. The van der Waals surface area contributed by atoms with Crippen molar-refractivity contribution in [2.45, 2.75) is 58.0 Å². The number of hydrogen-bond acceptors (Lipinski definition) is 4. The smallest absolute Gasteiger partial charge is 0.264 e. The summed E-state index contributed by atoms with van der Waals surface area (Å²) in [6.45, 7) is 7.67. The largest absolute Gasteiger partial charge is 0.354 e. The molecule has 0 spiro atoms. The fourth-order valence-electron chi connectivity index (χ4n) is 4.42. The van der Waals surface area contributed by atoms with Gasteiger partial charge in [0.25, 0.3) is 10.0 Å². The molecule has 0 heterocycles. The molecule has 0 aliphatic carbocycles. The zero-order chi connectivity index (χ0) is 28.6. The monoisotopic (exact) mass is 569 g/mol. The van der Waals surface area contributed by atoms with Crippen LogP contribution < -0.4 is 9.62 Å². The lowest BCUT2D eigenvalue weighted by Crippen LogP contribution is -2.52. The van der Waals surface area contributed by atoms with Crippen molar-refractivity contribution in [2.75, 3.05) is 17.4 Å². The molecular weight excluding hydrogens is 534 g/mol. The first kappa shape index (κ1) is 30.2. The van der Waals surface area contributed by atoms with Crippen LogP contribution in [0.3, 0.4) is 0 Å². The Morgan fingerprint density at radius 3 is 2.28 bits per heavy atom. The van der Waals surface area contributed by atoms with Crippen LogP contribution in [0.2, 0.25) is 5.02 Å². The van der Waals surface area contributed by atoms with E-state index in [-0.39, 0.29) is 17.3 Å². The molecule has 3 aromatic rings. The van der Waals surface area contributed by atoms with Crippen LogP contribution in [0.5, 0.6) is 0 Å². The van der Waals surface area contributed by atoms with Gasteiger partial charge in [-0.1, -0.05) is 73.5 Å². The van der Waals surface area contributed by atoms with E-state index in [1.807, 2.05) is 45.0 Å². The molecule has 3 rings (SSSR count). The minimum absolute atomic E-state index is 0.0603. The lowest BCUT2D eigenvalue weighted by molar-refractivity contribution is -0.140. The molecule has 208 valence electrons. The lowest BCUT2D eigenvalue weighted by Gasteiger charge is -2.33. The fourth-order valence-corrected chi connectivity index (χ4v) is 6.15. The van der Waals surface area contributed by atoms with Gasteiger partial charge in [-0.05, 0) is 68.1 Å². The summed E-state index contributed by atoms with van der Waals surface area (Å²) in [6.07, 6.45) is 1.13. The number of halogens is 1. The molecule has 0 saturated carbocycles. The lowest BCUT2D eigenvalue weighted by atomic mass is 10.1. The SMILES string of the molecule is CCCNC(=O)C(CC)N(Cc1cccc(C)c1)C(=O)CN(c1ccc(Cl)cc1C)S(=O)(=O)c1ccccc1. The summed E-state index contributed by atoms with van der Waals surface area (Å²) in [7, 11) is -4.12. The van der Waals surface area contributed by atoms with Crippen molar-refractivity contribution in [3.05, 3.63) is 94.5 Å². The highest BCUT2D eigenvalue weighted by atomic mass is 35.5. The third-order valence-corrected chi connectivity index (χ3v) is 8.42. The number of nitrogens with zero attached hydrogens (tertiary/aromatic N) is 2. The first-order valence-electron chi connectivity index (χ1n) is 13.0. The number of carbonyl (C=O) groups excluding carboxylic acids is 2. The summed E-state index contributed by atoms with van der Waals surface area (Å²) in [5.74, 6) is -0.746. The predicted molar refractivity (Wildman–Crippen MR) is 156 cm³/mol. The number of benzene rings is 3. The van der Waals surface area contributed by atoms with Crippen LogP contribution in [0, 0.1) is 13.8 Å². The normalized spacial score (nSPS) is 12.0.